The van der Waals surface area contributed by atoms with Crippen LogP contribution >= 0.6 is 0 Å². The van der Waals surface area contributed by atoms with E-state index in [1.165, 1.54) is 0 Å². The molecule has 2 heterocycles. The number of ether oxygens (including phenoxy) is 1. The van der Waals surface area contributed by atoms with Crippen molar-refractivity contribution in [2.45, 2.75) is 13.0 Å². The standard InChI is InChI=1S/C17H17N5O2/c1-24-15-7-3-2-6-14(15)9-16(23)20-17-19-12-22(21-17)11-13-5-4-8-18-10-13/h2-8,10,12H,9,11H2,1H3,(H,20,21,23). The van der Waals surface area contributed by atoms with Gasteiger partial charge in [0.25, 0.3) is 0 Å². The smallest absolute Gasteiger partial charge is 0.248 e. The third-order valence-corrected chi connectivity index (χ3v) is 3.40. The van der Waals surface area contributed by atoms with Crippen LogP contribution < -0.4 is 10.1 Å². The minimum atomic E-state index is -0.196. The van der Waals surface area contributed by atoms with Gasteiger partial charge in [0.15, 0.2) is 0 Å². The molecule has 1 N–H and O–H groups in total. The predicted molar refractivity (Wildman–Crippen MR) is 88.7 cm³/mol. The van der Waals surface area contributed by atoms with E-state index in [1.807, 2.05) is 36.4 Å². The Labute approximate surface area is 139 Å². The summed E-state index contributed by atoms with van der Waals surface area (Å²) in [5.74, 6) is 0.764. The number of benzene rings is 1. The number of aromatic nitrogens is 4. The van der Waals surface area contributed by atoms with Crippen LogP contribution in [-0.4, -0.2) is 32.8 Å². The molecule has 0 aliphatic carbocycles. The molecule has 0 radical (unpaired) electrons. The van der Waals surface area contributed by atoms with Crippen molar-refractivity contribution in [3.05, 3.63) is 66.2 Å². The van der Waals surface area contributed by atoms with E-state index in [0.717, 1.165) is 11.1 Å². The first-order chi connectivity index (χ1) is 11.7. The summed E-state index contributed by atoms with van der Waals surface area (Å²) >= 11 is 0. The second-order valence-corrected chi connectivity index (χ2v) is 5.16. The van der Waals surface area contributed by atoms with E-state index in [4.69, 9.17) is 4.74 Å². The third kappa shape index (κ3) is 3.95. The number of carbonyl (C=O) groups excluding carboxylic acids is 1. The molecule has 122 valence electrons. The minimum absolute atomic E-state index is 0.196. The number of amides is 1. The molecule has 0 unspecified atom stereocenters. The summed E-state index contributed by atoms with van der Waals surface area (Å²) in [5.41, 5.74) is 1.82. The van der Waals surface area contributed by atoms with Crippen molar-refractivity contribution in [1.29, 1.82) is 0 Å². The number of methoxy groups -OCH3 is 1. The van der Waals surface area contributed by atoms with Crippen LogP contribution in [0.2, 0.25) is 0 Å². The molecule has 0 saturated heterocycles. The zero-order valence-corrected chi connectivity index (χ0v) is 13.2. The maximum Gasteiger partial charge on any atom is 0.248 e. The molecule has 0 aliphatic heterocycles. The molecule has 0 fully saturated rings. The molecule has 7 nitrogen and oxygen atoms in total. The number of nitrogens with zero attached hydrogens (tertiary/aromatic N) is 4. The van der Waals surface area contributed by atoms with Gasteiger partial charge in [0, 0.05) is 18.0 Å². The summed E-state index contributed by atoms with van der Waals surface area (Å²) in [6.45, 7) is 0.545. The summed E-state index contributed by atoms with van der Waals surface area (Å²) < 4.78 is 6.89. The van der Waals surface area contributed by atoms with Crippen LogP contribution in [0.1, 0.15) is 11.1 Å². The van der Waals surface area contributed by atoms with Crippen molar-refractivity contribution < 1.29 is 9.53 Å². The number of para-hydroxylation sites is 1. The molecular formula is C17H17N5O2. The third-order valence-electron chi connectivity index (χ3n) is 3.40. The lowest BCUT2D eigenvalue weighted by Crippen LogP contribution is -2.16. The Morgan fingerprint density at radius 1 is 1.25 bits per heavy atom. The van der Waals surface area contributed by atoms with E-state index in [0.29, 0.717) is 12.3 Å². The molecule has 2 aromatic heterocycles. The maximum absolute atomic E-state index is 12.2. The molecule has 0 spiro atoms. The van der Waals surface area contributed by atoms with Crippen molar-refractivity contribution in [3.8, 4) is 5.75 Å². The van der Waals surface area contributed by atoms with Crippen LogP contribution in [0, 0.1) is 0 Å². The summed E-state index contributed by atoms with van der Waals surface area (Å²) in [5, 5.41) is 6.94. The molecule has 0 aliphatic rings. The fraction of sp³-hybridized carbons (Fsp3) is 0.176. The summed E-state index contributed by atoms with van der Waals surface area (Å²) in [6, 6.07) is 11.2. The molecule has 3 aromatic rings. The number of hydrogen-bond acceptors (Lipinski definition) is 5. The Bertz CT molecular complexity index is 817. The number of anilines is 1. The molecule has 1 amide bonds. The first kappa shape index (κ1) is 15.7. The molecule has 0 saturated carbocycles. The topological polar surface area (TPSA) is 81.9 Å². The molecule has 0 bridgehead atoms. The van der Waals surface area contributed by atoms with Crippen LogP contribution in [0.4, 0.5) is 5.95 Å². The van der Waals surface area contributed by atoms with Crippen molar-refractivity contribution in [2.24, 2.45) is 0 Å². The highest BCUT2D eigenvalue weighted by atomic mass is 16.5. The van der Waals surface area contributed by atoms with Crippen LogP contribution in [0.25, 0.3) is 0 Å². The van der Waals surface area contributed by atoms with Gasteiger partial charge in [-0.25, -0.2) is 9.67 Å². The van der Waals surface area contributed by atoms with E-state index in [2.05, 4.69) is 20.4 Å². The first-order valence-electron chi connectivity index (χ1n) is 7.44. The van der Waals surface area contributed by atoms with E-state index in [-0.39, 0.29) is 18.3 Å². The van der Waals surface area contributed by atoms with Crippen molar-refractivity contribution in [2.75, 3.05) is 12.4 Å². The Kier molecular flexibility index (Phi) is 4.81. The lowest BCUT2D eigenvalue weighted by Gasteiger charge is -2.07. The monoisotopic (exact) mass is 323 g/mol. The molecule has 0 atom stereocenters. The molecular weight excluding hydrogens is 306 g/mol. The quantitative estimate of drug-likeness (QED) is 0.749. The SMILES string of the molecule is COc1ccccc1CC(=O)Nc1ncn(Cc2cccnc2)n1. The maximum atomic E-state index is 12.2. The number of carbonyl (C=O) groups is 1. The van der Waals surface area contributed by atoms with Gasteiger partial charge in [-0.2, -0.15) is 0 Å². The highest BCUT2D eigenvalue weighted by molar-refractivity contribution is 5.90. The van der Waals surface area contributed by atoms with Crippen molar-refractivity contribution in [3.63, 3.8) is 0 Å². The zero-order valence-electron chi connectivity index (χ0n) is 13.2. The van der Waals surface area contributed by atoms with E-state index < -0.39 is 0 Å². The molecule has 24 heavy (non-hydrogen) atoms. The Morgan fingerprint density at radius 2 is 2.12 bits per heavy atom. The highest BCUT2D eigenvalue weighted by Gasteiger charge is 2.10. The van der Waals surface area contributed by atoms with Gasteiger partial charge in [0.2, 0.25) is 11.9 Å². The fourth-order valence-corrected chi connectivity index (χ4v) is 2.30. The Morgan fingerprint density at radius 3 is 2.92 bits per heavy atom. The average Bonchev–Trinajstić information content (AvgIpc) is 3.03. The van der Waals surface area contributed by atoms with Crippen LogP contribution in [0.15, 0.2) is 55.1 Å². The summed E-state index contributed by atoms with van der Waals surface area (Å²) in [4.78, 5) is 20.3. The normalized spacial score (nSPS) is 10.4. The van der Waals surface area contributed by atoms with Crippen molar-refractivity contribution in [1.82, 2.24) is 19.7 Å². The summed E-state index contributed by atoms with van der Waals surface area (Å²) in [6.07, 6.45) is 5.25. The van der Waals surface area contributed by atoms with Gasteiger partial charge < -0.3 is 4.74 Å². The number of rotatable bonds is 6. The average molecular weight is 323 g/mol. The highest BCUT2D eigenvalue weighted by Crippen LogP contribution is 2.18. The number of nitrogens with one attached hydrogen (secondary N) is 1. The second-order valence-electron chi connectivity index (χ2n) is 5.16. The van der Waals surface area contributed by atoms with Gasteiger partial charge in [-0.1, -0.05) is 24.3 Å². The predicted octanol–water partition coefficient (Wildman–Crippen LogP) is 1.91. The molecule has 7 heteroatoms. The Balaban J connectivity index is 1.61. The largest absolute Gasteiger partial charge is 0.496 e. The first-order valence-corrected chi connectivity index (χ1v) is 7.44. The van der Waals surface area contributed by atoms with Gasteiger partial charge in [-0.3, -0.25) is 15.1 Å². The van der Waals surface area contributed by atoms with Gasteiger partial charge in [-0.05, 0) is 17.7 Å². The van der Waals surface area contributed by atoms with Gasteiger partial charge in [0.05, 0.1) is 20.1 Å². The lowest BCUT2D eigenvalue weighted by atomic mass is 10.1. The summed E-state index contributed by atoms with van der Waals surface area (Å²) in [7, 11) is 1.58. The zero-order chi connectivity index (χ0) is 16.8. The molecule has 3 rings (SSSR count). The van der Waals surface area contributed by atoms with E-state index in [1.54, 1.807) is 30.5 Å². The number of hydrogen-bond donors (Lipinski definition) is 1. The van der Waals surface area contributed by atoms with Crippen molar-refractivity contribution >= 4 is 11.9 Å². The van der Waals surface area contributed by atoms with Crippen LogP contribution in [0.5, 0.6) is 5.75 Å². The van der Waals surface area contributed by atoms with Gasteiger partial charge >= 0.3 is 0 Å². The number of pyridine rings is 1. The fourth-order valence-electron chi connectivity index (χ4n) is 2.30. The van der Waals surface area contributed by atoms with Gasteiger partial charge in [-0.15, -0.1) is 5.10 Å². The second kappa shape index (κ2) is 7.36. The van der Waals surface area contributed by atoms with E-state index in [9.17, 15) is 4.79 Å². The van der Waals surface area contributed by atoms with Crippen LogP contribution in [0.3, 0.4) is 0 Å². The molecule has 1 aromatic carbocycles. The van der Waals surface area contributed by atoms with Crippen LogP contribution in [-0.2, 0) is 17.8 Å². The van der Waals surface area contributed by atoms with E-state index >= 15 is 0 Å². The Hall–Kier alpha value is -3.22. The lowest BCUT2D eigenvalue weighted by molar-refractivity contribution is -0.115. The van der Waals surface area contributed by atoms with Gasteiger partial charge in [0.1, 0.15) is 12.1 Å². The minimum Gasteiger partial charge on any atom is -0.496 e.